The molecule has 1 aromatic heterocycles. The maximum Gasteiger partial charge on any atom is 0.216 e. The molecule has 0 aliphatic carbocycles. The van der Waals surface area contributed by atoms with Crippen LogP contribution in [-0.2, 0) is 6.42 Å². The lowest BCUT2D eigenvalue weighted by atomic mass is 9.85. The molecular weight excluding hydrogens is 190 g/mol. The topological polar surface area (TPSA) is 61.0 Å². The van der Waals surface area contributed by atoms with Gasteiger partial charge >= 0.3 is 0 Å². The summed E-state index contributed by atoms with van der Waals surface area (Å²) in [6.45, 7) is 6.36. The molecule has 0 aromatic carbocycles. The fourth-order valence-corrected chi connectivity index (χ4v) is 1.13. The van der Waals surface area contributed by atoms with Crippen molar-refractivity contribution >= 4 is 0 Å². The largest absolute Gasteiger partial charge is 0.481 e. The Kier molecular flexibility index (Phi) is 3.63. The van der Waals surface area contributed by atoms with Gasteiger partial charge in [-0.2, -0.15) is 0 Å². The lowest BCUT2D eigenvalue weighted by Gasteiger charge is -2.26. The van der Waals surface area contributed by atoms with Gasteiger partial charge in [-0.3, -0.25) is 0 Å². The molecule has 4 nitrogen and oxygen atoms in total. The number of rotatable bonds is 3. The van der Waals surface area contributed by atoms with Gasteiger partial charge in [0.25, 0.3) is 0 Å². The summed E-state index contributed by atoms with van der Waals surface area (Å²) in [5, 5.41) is 0. The van der Waals surface area contributed by atoms with E-state index in [-0.39, 0.29) is 11.5 Å². The maximum absolute atomic E-state index is 6.07. The number of aromatic nitrogens is 2. The standard InChI is InChI=1S/C11H19N3O/c1-11(2,3)9(12)5-8-6-10(15-4)14-7-13-8/h6-7,9H,5,12H2,1-4H3. The molecule has 1 heterocycles. The molecule has 15 heavy (non-hydrogen) atoms. The Balaban J connectivity index is 2.72. The molecule has 2 N–H and O–H groups in total. The molecule has 0 aliphatic rings. The number of methoxy groups -OCH3 is 1. The Hall–Kier alpha value is -1.16. The van der Waals surface area contributed by atoms with Crippen molar-refractivity contribution in [3.8, 4) is 5.88 Å². The smallest absolute Gasteiger partial charge is 0.216 e. The van der Waals surface area contributed by atoms with E-state index in [2.05, 4.69) is 30.7 Å². The van der Waals surface area contributed by atoms with Gasteiger partial charge in [0.05, 0.1) is 7.11 Å². The molecule has 0 fully saturated rings. The number of nitrogens with zero attached hydrogens (tertiary/aromatic N) is 2. The van der Waals surface area contributed by atoms with Gasteiger partial charge in [0.1, 0.15) is 6.33 Å². The summed E-state index contributed by atoms with van der Waals surface area (Å²) in [5.41, 5.74) is 7.08. The van der Waals surface area contributed by atoms with Crippen molar-refractivity contribution in [3.63, 3.8) is 0 Å². The highest BCUT2D eigenvalue weighted by Crippen LogP contribution is 2.20. The van der Waals surface area contributed by atoms with Crippen LogP contribution >= 0.6 is 0 Å². The lowest BCUT2D eigenvalue weighted by molar-refractivity contribution is 0.316. The lowest BCUT2D eigenvalue weighted by Crippen LogP contribution is -2.37. The van der Waals surface area contributed by atoms with E-state index in [4.69, 9.17) is 10.5 Å². The van der Waals surface area contributed by atoms with Crippen LogP contribution in [0.2, 0.25) is 0 Å². The first-order valence-corrected chi connectivity index (χ1v) is 5.04. The van der Waals surface area contributed by atoms with E-state index >= 15 is 0 Å². The summed E-state index contributed by atoms with van der Waals surface area (Å²) in [4.78, 5) is 8.12. The Morgan fingerprint density at radius 3 is 2.60 bits per heavy atom. The molecule has 0 radical (unpaired) electrons. The van der Waals surface area contributed by atoms with Gasteiger partial charge in [-0.25, -0.2) is 9.97 Å². The molecule has 0 bridgehead atoms. The van der Waals surface area contributed by atoms with Crippen molar-refractivity contribution in [2.45, 2.75) is 33.2 Å². The third-order valence-corrected chi connectivity index (χ3v) is 2.45. The first-order valence-electron chi connectivity index (χ1n) is 5.04. The van der Waals surface area contributed by atoms with Crippen molar-refractivity contribution in [2.75, 3.05) is 7.11 Å². The molecule has 4 heteroatoms. The Morgan fingerprint density at radius 2 is 2.07 bits per heavy atom. The van der Waals surface area contributed by atoms with Crippen LogP contribution in [0.4, 0.5) is 0 Å². The van der Waals surface area contributed by atoms with Gasteiger partial charge in [-0.15, -0.1) is 0 Å². The third kappa shape index (κ3) is 3.47. The predicted molar refractivity (Wildman–Crippen MR) is 59.7 cm³/mol. The Morgan fingerprint density at radius 1 is 1.40 bits per heavy atom. The van der Waals surface area contributed by atoms with Crippen LogP contribution in [0.5, 0.6) is 5.88 Å². The van der Waals surface area contributed by atoms with Crippen LogP contribution in [0.25, 0.3) is 0 Å². The van der Waals surface area contributed by atoms with E-state index in [1.807, 2.05) is 6.07 Å². The number of ether oxygens (including phenoxy) is 1. The van der Waals surface area contributed by atoms with Crippen LogP contribution in [0.15, 0.2) is 12.4 Å². The highest BCUT2D eigenvalue weighted by molar-refractivity contribution is 5.14. The average Bonchev–Trinajstić information content (AvgIpc) is 2.16. The van der Waals surface area contributed by atoms with Crippen molar-refractivity contribution in [3.05, 3.63) is 18.1 Å². The van der Waals surface area contributed by atoms with Crippen molar-refractivity contribution in [2.24, 2.45) is 11.1 Å². The predicted octanol–water partition coefficient (Wildman–Crippen LogP) is 1.40. The van der Waals surface area contributed by atoms with Gasteiger partial charge in [-0.1, -0.05) is 20.8 Å². The summed E-state index contributed by atoms with van der Waals surface area (Å²) in [7, 11) is 1.59. The summed E-state index contributed by atoms with van der Waals surface area (Å²) in [5.74, 6) is 0.584. The summed E-state index contributed by atoms with van der Waals surface area (Å²) >= 11 is 0. The molecule has 1 aromatic rings. The van der Waals surface area contributed by atoms with Gasteiger partial charge in [-0.05, 0) is 5.41 Å². The summed E-state index contributed by atoms with van der Waals surface area (Å²) in [6.07, 6.45) is 2.24. The van der Waals surface area contributed by atoms with Gasteiger partial charge in [0, 0.05) is 24.2 Å². The first-order chi connectivity index (χ1) is 6.93. The third-order valence-electron chi connectivity index (χ3n) is 2.45. The summed E-state index contributed by atoms with van der Waals surface area (Å²) in [6, 6.07) is 1.91. The van der Waals surface area contributed by atoms with E-state index in [0.29, 0.717) is 5.88 Å². The van der Waals surface area contributed by atoms with Crippen molar-refractivity contribution in [1.29, 1.82) is 0 Å². The van der Waals surface area contributed by atoms with E-state index in [9.17, 15) is 0 Å². The number of nitrogens with two attached hydrogens (primary N) is 1. The number of hydrogen-bond acceptors (Lipinski definition) is 4. The molecule has 84 valence electrons. The van der Waals surface area contributed by atoms with E-state index in [0.717, 1.165) is 12.1 Å². The quantitative estimate of drug-likeness (QED) is 0.817. The number of hydrogen-bond donors (Lipinski definition) is 1. The van der Waals surface area contributed by atoms with Crippen molar-refractivity contribution in [1.82, 2.24) is 9.97 Å². The zero-order valence-corrected chi connectivity index (χ0v) is 9.82. The molecule has 0 aliphatic heterocycles. The SMILES string of the molecule is COc1cc(CC(N)C(C)(C)C)ncn1. The molecule has 0 spiro atoms. The van der Waals surface area contributed by atoms with Crippen LogP contribution in [-0.4, -0.2) is 23.1 Å². The maximum atomic E-state index is 6.07. The van der Waals surface area contributed by atoms with Crippen LogP contribution in [0, 0.1) is 5.41 Å². The van der Waals surface area contributed by atoms with Crippen LogP contribution in [0.3, 0.4) is 0 Å². The van der Waals surface area contributed by atoms with E-state index in [1.165, 1.54) is 6.33 Å². The van der Waals surface area contributed by atoms with Gasteiger partial charge in [0.2, 0.25) is 5.88 Å². The minimum Gasteiger partial charge on any atom is -0.481 e. The van der Waals surface area contributed by atoms with Gasteiger partial charge < -0.3 is 10.5 Å². The molecule has 1 rings (SSSR count). The minimum absolute atomic E-state index is 0.0807. The second-order valence-corrected chi connectivity index (χ2v) is 4.73. The van der Waals surface area contributed by atoms with Crippen LogP contribution < -0.4 is 10.5 Å². The Labute approximate surface area is 90.9 Å². The highest BCUT2D eigenvalue weighted by atomic mass is 16.5. The molecular formula is C11H19N3O. The molecule has 0 saturated carbocycles. The molecule has 1 unspecified atom stereocenters. The first kappa shape index (κ1) is 11.9. The normalized spacial score (nSPS) is 13.7. The summed E-state index contributed by atoms with van der Waals surface area (Å²) < 4.78 is 5.03. The average molecular weight is 209 g/mol. The van der Waals surface area contributed by atoms with Crippen LogP contribution in [0.1, 0.15) is 26.5 Å². The molecule has 1 atom stereocenters. The highest BCUT2D eigenvalue weighted by Gasteiger charge is 2.21. The second-order valence-electron chi connectivity index (χ2n) is 4.73. The minimum atomic E-state index is 0.0807. The fraction of sp³-hybridized carbons (Fsp3) is 0.636. The second kappa shape index (κ2) is 4.57. The zero-order valence-electron chi connectivity index (χ0n) is 9.82. The van der Waals surface area contributed by atoms with E-state index < -0.39 is 0 Å². The Bertz CT molecular complexity index is 320. The molecule has 0 amide bonds. The van der Waals surface area contributed by atoms with Crippen molar-refractivity contribution < 1.29 is 4.74 Å². The van der Waals surface area contributed by atoms with E-state index in [1.54, 1.807) is 7.11 Å². The van der Waals surface area contributed by atoms with Gasteiger partial charge in [0.15, 0.2) is 0 Å². The fourth-order valence-electron chi connectivity index (χ4n) is 1.13. The zero-order chi connectivity index (χ0) is 11.5. The molecule has 0 saturated heterocycles. The monoisotopic (exact) mass is 209 g/mol.